The van der Waals surface area contributed by atoms with E-state index in [1.54, 1.807) is 30.5 Å². The van der Waals surface area contributed by atoms with Crippen molar-refractivity contribution < 1.29 is 18.3 Å². The third-order valence-electron chi connectivity index (χ3n) is 2.40. The summed E-state index contributed by atoms with van der Waals surface area (Å²) in [6.45, 7) is -2.93. The number of H-pyrrole nitrogens is 1. The van der Waals surface area contributed by atoms with Gasteiger partial charge in [-0.3, -0.25) is 4.79 Å². The zero-order valence-electron chi connectivity index (χ0n) is 10.5. The van der Waals surface area contributed by atoms with Crippen LogP contribution in [0.1, 0.15) is 16.1 Å². The van der Waals surface area contributed by atoms with Gasteiger partial charge in [0.2, 0.25) is 0 Å². The van der Waals surface area contributed by atoms with Crippen LogP contribution in [-0.2, 0) is 0 Å². The second kappa shape index (κ2) is 6.98. The molecule has 21 heavy (non-hydrogen) atoms. The Morgan fingerprint density at radius 1 is 1.43 bits per heavy atom. The van der Waals surface area contributed by atoms with Gasteiger partial charge in [-0.1, -0.05) is 12.1 Å². The first kappa shape index (κ1) is 15.2. The number of carbonyl (C=O) groups excluding carboxylic acids is 1. The largest absolute Gasteiger partial charge is 0.434 e. The average molecular weight is 358 g/mol. The van der Waals surface area contributed by atoms with E-state index in [0.29, 0.717) is 11.3 Å². The Balaban J connectivity index is 2.03. The summed E-state index contributed by atoms with van der Waals surface area (Å²) in [6.07, 6.45) is 2.83. The van der Waals surface area contributed by atoms with Gasteiger partial charge in [0.15, 0.2) is 0 Å². The summed E-state index contributed by atoms with van der Waals surface area (Å²) in [7, 11) is 0. The molecule has 0 spiro atoms. The maximum atomic E-state index is 12.2. The molecule has 1 amide bonds. The molecule has 1 heterocycles. The maximum absolute atomic E-state index is 12.2. The lowest BCUT2D eigenvalue weighted by Gasteiger charge is -2.06. The molecule has 5 nitrogen and oxygen atoms in total. The van der Waals surface area contributed by atoms with E-state index < -0.39 is 12.5 Å². The Kier molecular flexibility index (Phi) is 5.04. The number of benzene rings is 1. The van der Waals surface area contributed by atoms with Crippen molar-refractivity contribution in [3.8, 4) is 5.75 Å². The fourth-order valence-corrected chi connectivity index (χ4v) is 1.85. The molecule has 0 unspecified atom stereocenters. The molecular weight excluding hydrogens is 348 g/mol. The Morgan fingerprint density at radius 3 is 2.86 bits per heavy atom. The van der Waals surface area contributed by atoms with Crippen molar-refractivity contribution in [1.29, 1.82) is 0 Å². The average Bonchev–Trinajstić information content (AvgIpc) is 2.87. The highest BCUT2D eigenvalue weighted by Crippen LogP contribution is 2.18. The lowest BCUT2D eigenvalue weighted by molar-refractivity contribution is -0.0499. The lowest BCUT2D eigenvalue weighted by Crippen LogP contribution is -2.18. The van der Waals surface area contributed by atoms with Crippen molar-refractivity contribution in [2.75, 3.05) is 0 Å². The first-order valence-corrected chi connectivity index (χ1v) is 6.56. The van der Waals surface area contributed by atoms with E-state index in [2.05, 4.69) is 36.2 Å². The topological polar surface area (TPSA) is 66.5 Å². The third kappa shape index (κ3) is 4.38. The van der Waals surface area contributed by atoms with Crippen LogP contribution in [0.5, 0.6) is 5.75 Å². The van der Waals surface area contributed by atoms with Crippen molar-refractivity contribution in [1.82, 2.24) is 10.4 Å². The van der Waals surface area contributed by atoms with E-state index in [4.69, 9.17) is 0 Å². The second-order valence-corrected chi connectivity index (χ2v) is 4.76. The van der Waals surface area contributed by atoms with Gasteiger partial charge in [-0.25, -0.2) is 5.43 Å². The molecule has 0 saturated carbocycles. The Hall–Kier alpha value is -2.22. The number of hydrazone groups is 1. The SMILES string of the molecule is O=C(N/N=C\c1ccccc1OC(F)F)c1cc(Br)c[nH]1. The van der Waals surface area contributed by atoms with Gasteiger partial charge in [0.1, 0.15) is 11.4 Å². The van der Waals surface area contributed by atoms with Crippen molar-refractivity contribution in [2.24, 2.45) is 5.10 Å². The molecule has 0 aliphatic rings. The predicted octanol–water partition coefficient (Wildman–Crippen LogP) is 3.14. The number of alkyl halides is 2. The number of rotatable bonds is 5. The highest BCUT2D eigenvalue weighted by Gasteiger charge is 2.08. The molecule has 110 valence electrons. The van der Waals surface area contributed by atoms with Gasteiger partial charge >= 0.3 is 6.61 Å². The Labute approximate surface area is 127 Å². The minimum atomic E-state index is -2.93. The van der Waals surface area contributed by atoms with Crippen LogP contribution >= 0.6 is 15.9 Å². The number of aromatic amines is 1. The number of aromatic nitrogens is 1. The van der Waals surface area contributed by atoms with Crippen molar-refractivity contribution >= 4 is 28.1 Å². The molecule has 0 radical (unpaired) electrons. The minimum Gasteiger partial charge on any atom is -0.434 e. The van der Waals surface area contributed by atoms with Crippen molar-refractivity contribution in [3.63, 3.8) is 0 Å². The van der Waals surface area contributed by atoms with Gasteiger partial charge < -0.3 is 9.72 Å². The van der Waals surface area contributed by atoms with Crippen LogP contribution < -0.4 is 10.2 Å². The standard InChI is InChI=1S/C13H10BrF2N3O2/c14-9-5-10(17-7-9)12(20)19-18-6-8-3-1-2-4-11(8)21-13(15)16/h1-7,13,17H,(H,19,20)/b18-6-. The number of nitrogens with one attached hydrogen (secondary N) is 2. The summed E-state index contributed by atoms with van der Waals surface area (Å²) in [5.74, 6) is -0.475. The number of para-hydroxylation sites is 1. The Morgan fingerprint density at radius 2 is 2.19 bits per heavy atom. The fourth-order valence-electron chi connectivity index (χ4n) is 1.51. The number of carbonyl (C=O) groups is 1. The summed E-state index contributed by atoms with van der Waals surface area (Å²) < 4.78 is 29.5. The second-order valence-electron chi connectivity index (χ2n) is 3.85. The molecule has 2 aromatic rings. The zero-order chi connectivity index (χ0) is 15.2. The molecule has 0 saturated heterocycles. The summed E-state index contributed by atoms with van der Waals surface area (Å²) in [4.78, 5) is 14.4. The molecule has 0 atom stereocenters. The third-order valence-corrected chi connectivity index (χ3v) is 2.86. The van der Waals surface area contributed by atoms with Gasteiger partial charge in [-0.2, -0.15) is 13.9 Å². The number of ether oxygens (including phenoxy) is 1. The number of nitrogens with zero attached hydrogens (tertiary/aromatic N) is 1. The molecule has 0 aliphatic carbocycles. The Bertz CT molecular complexity index is 658. The molecule has 1 aromatic heterocycles. The molecule has 0 bridgehead atoms. The molecule has 8 heteroatoms. The van der Waals surface area contributed by atoms with Crippen molar-refractivity contribution in [3.05, 3.63) is 52.3 Å². The molecular formula is C13H10BrF2N3O2. The monoisotopic (exact) mass is 357 g/mol. The fraction of sp³-hybridized carbons (Fsp3) is 0.0769. The van der Waals surface area contributed by atoms with E-state index in [0.717, 1.165) is 4.47 Å². The minimum absolute atomic E-state index is 0.0203. The van der Waals surface area contributed by atoms with E-state index in [1.165, 1.54) is 12.3 Å². The van der Waals surface area contributed by atoms with E-state index in [1.807, 2.05) is 0 Å². The van der Waals surface area contributed by atoms with Crippen LogP contribution in [0, 0.1) is 0 Å². The van der Waals surface area contributed by atoms with Gasteiger partial charge in [0, 0.05) is 16.2 Å². The number of amides is 1. The first-order chi connectivity index (χ1) is 10.1. The van der Waals surface area contributed by atoms with Crippen LogP contribution in [0.15, 0.2) is 46.1 Å². The number of hydrogen-bond acceptors (Lipinski definition) is 3. The maximum Gasteiger partial charge on any atom is 0.387 e. The van der Waals surface area contributed by atoms with Gasteiger partial charge in [-0.05, 0) is 34.1 Å². The number of halogens is 3. The molecule has 0 aliphatic heterocycles. The van der Waals surface area contributed by atoms with E-state index >= 15 is 0 Å². The molecule has 2 rings (SSSR count). The van der Waals surface area contributed by atoms with Crippen LogP contribution in [0.2, 0.25) is 0 Å². The van der Waals surface area contributed by atoms with Crippen molar-refractivity contribution in [2.45, 2.75) is 6.61 Å². The van der Waals surface area contributed by atoms with E-state index in [-0.39, 0.29) is 5.75 Å². The lowest BCUT2D eigenvalue weighted by atomic mass is 10.2. The van der Waals surface area contributed by atoms with Gasteiger partial charge in [0.25, 0.3) is 5.91 Å². The number of hydrogen-bond donors (Lipinski definition) is 2. The highest BCUT2D eigenvalue weighted by atomic mass is 79.9. The van der Waals surface area contributed by atoms with E-state index in [9.17, 15) is 13.6 Å². The smallest absolute Gasteiger partial charge is 0.387 e. The van der Waals surface area contributed by atoms with Gasteiger partial charge in [-0.15, -0.1) is 0 Å². The highest BCUT2D eigenvalue weighted by molar-refractivity contribution is 9.10. The van der Waals surface area contributed by atoms with Gasteiger partial charge in [0.05, 0.1) is 6.21 Å². The summed E-state index contributed by atoms with van der Waals surface area (Å²) in [6, 6.07) is 7.71. The van der Waals surface area contributed by atoms with Crippen LogP contribution in [-0.4, -0.2) is 23.7 Å². The van der Waals surface area contributed by atoms with Crippen LogP contribution in [0.3, 0.4) is 0 Å². The molecule has 1 aromatic carbocycles. The quantitative estimate of drug-likeness (QED) is 0.637. The predicted molar refractivity (Wildman–Crippen MR) is 76.6 cm³/mol. The van der Waals surface area contributed by atoms with Crippen LogP contribution in [0.4, 0.5) is 8.78 Å². The normalized spacial score (nSPS) is 11.0. The first-order valence-electron chi connectivity index (χ1n) is 5.77. The van der Waals surface area contributed by atoms with Crippen LogP contribution in [0.25, 0.3) is 0 Å². The molecule has 0 fully saturated rings. The summed E-state index contributed by atoms with van der Waals surface area (Å²) in [5.41, 5.74) is 2.92. The molecule has 2 N–H and O–H groups in total. The zero-order valence-corrected chi connectivity index (χ0v) is 12.1. The summed E-state index contributed by atoms with van der Waals surface area (Å²) >= 11 is 3.20. The summed E-state index contributed by atoms with van der Waals surface area (Å²) in [5, 5.41) is 3.71.